The highest BCUT2D eigenvalue weighted by molar-refractivity contribution is 7.14. The maximum Gasteiger partial charge on any atom is 0.260 e. The SMILES string of the molecule is COc1cc2ncnc(Nc3cc(C(C)(C)C)sc3C(N)=O)c2cc1OC. The van der Waals surface area contributed by atoms with Gasteiger partial charge in [-0.3, -0.25) is 4.79 Å². The van der Waals surface area contributed by atoms with Gasteiger partial charge in [0, 0.05) is 16.3 Å². The molecule has 0 unspecified atom stereocenters. The molecule has 1 aromatic carbocycles. The van der Waals surface area contributed by atoms with E-state index >= 15 is 0 Å². The van der Waals surface area contributed by atoms with Crippen molar-refractivity contribution in [2.45, 2.75) is 26.2 Å². The Balaban J connectivity index is 2.12. The van der Waals surface area contributed by atoms with E-state index < -0.39 is 5.91 Å². The van der Waals surface area contributed by atoms with Crippen LogP contribution in [-0.4, -0.2) is 30.1 Å². The first-order valence-electron chi connectivity index (χ1n) is 8.32. The number of ether oxygens (including phenoxy) is 2. The van der Waals surface area contributed by atoms with Gasteiger partial charge >= 0.3 is 0 Å². The number of methoxy groups -OCH3 is 2. The van der Waals surface area contributed by atoms with Crippen LogP contribution >= 0.6 is 11.3 Å². The van der Waals surface area contributed by atoms with E-state index in [0.29, 0.717) is 33.4 Å². The molecule has 142 valence electrons. The van der Waals surface area contributed by atoms with E-state index in [9.17, 15) is 4.79 Å². The van der Waals surface area contributed by atoms with Crippen molar-refractivity contribution in [1.29, 1.82) is 0 Å². The Hall–Kier alpha value is -2.87. The van der Waals surface area contributed by atoms with Gasteiger partial charge in [0.2, 0.25) is 0 Å². The van der Waals surface area contributed by atoms with Gasteiger partial charge in [0.05, 0.1) is 25.4 Å². The molecule has 3 N–H and O–H groups in total. The summed E-state index contributed by atoms with van der Waals surface area (Å²) in [4.78, 5) is 22.1. The number of benzene rings is 1. The van der Waals surface area contributed by atoms with Gasteiger partial charge in [0.25, 0.3) is 5.91 Å². The van der Waals surface area contributed by atoms with E-state index in [1.807, 2.05) is 6.07 Å². The number of rotatable bonds is 5. The van der Waals surface area contributed by atoms with Gasteiger partial charge in [-0.25, -0.2) is 9.97 Å². The Morgan fingerprint density at radius 1 is 1.11 bits per heavy atom. The lowest BCUT2D eigenvalue weighted by atomic mass is 9.94. The molecule has 3 aromatic rings. The third-order valence-electron chi connectivity index (χ3n) is 4.09. The van der Waals surface area contributed by atoms with Crippen molar-refractivity contribution in [3.8, 4) is 11.5 Å². The van der Waals surface area contributed by atoms with Gasteiger partial charge < -0.3 is 20.5 Å². The largest absolute Gasteiger partial charge is 0.493 e. The molecule has 0 aliphatic heterocycles. The van der Waals surface area contributed by atoms with Crippen molar-refractivity contribution in [3.63, 3.8) is 0 Å². The molecule has 0 radical (unpaired) electrons. The molecule has 27 heavy (non-hydrogen) atoms. The fraction of sp³-hybridized carbons (Fsp3) is 0.316. The summed E-state index contributed by atoms with van der Waals surface area (Å²) in [7, 11) is 3.14. The molecule has 8 heteroatoms. The van der Waals surface area contributed by atoms with Gasteiger partial charge in [-0.15, -0.1) is 11.3 Å². The molecule has 3 rings (SSSR count). The molecule has 0 aliphatic rings. The van der Waals surface area contributed by atoms with E-state index in [-0.39, 0.29) is 5.41 Å². The molecule has 0 fully saturated rings. The molecule has 7 nitrogen and oxygen atoms in total. The molecule has 2 heterocycles. The van der Waals surface area contributed by atoms with Crippen molar-refractivity contribution in [2.75, 3.05) is 19.5 Å². The van der Waals surface area contributed by atoms with E-state index in [0.717, 1.165) is 10.3 Å². The second kappa shape index (κ2) is 7.03. The summed E-state index contributed by atoms with van der Waals surface area (Å²) in [6.07, 6.45) is 1.46. The second-order valence-electron chi connectivity index (χ2n) is 7.04. The summed E-state index contributed by atoms with van der Waals surface area (Å²) in [5.74, 6) is 1.23. The zero-order valence-corrected chi connectivity index (χ0v) is 16.7. The van der Waals surface area contributed by atoms with Crippen LogP contribution < -0.4 is 20.5 Å². The van der Waals surface area contributed by atoms with Crippen LogP contribution in [0.25, 0.3) is 10.9 Å². The lowest BCUT2D eigenvalue weighted by Gasteiger charge is -2.15. The van der Waals surface area contributed by atoms with E-state index in [4.69, 9.17) is 15.2 Å². The van der Waals surface area contributed by atoms with E-state index in [1.54, 1.807) is 26.4 Å². The topological polar surface area (TPSA) is 99.4 Å². The number of carbonyl (C=O) groups is 1. The lowest BCUT2D eigenvalue weighted by molar-refractivity contribution is 0.100. The predicted octanol–water partition coefficient (Wildman–Crippen LogP) is 3.85. The average molecular weight is 386 g/mol. The standard InChI is InChI=1S/C19H22N4O3S/c1-19(2,3)15-8-12(16(27-15)17(20)24)23-18-10-6-13(25-4)14(26-5)7-11(10)21-9-22-18/h6-9H,1-5H3,(H2,20,24)(H,21,22,23). The number of nitrogens with two attached hydrogens (primary N) is 1. The monoisotopic (exact) mass is 386 g/mol. The maximum absolute atomic E-state index is 11.9. The maximum atomic E-state index is 11.9. The van der Waals surface area contributed by atoms with Crippen LogP contribution in [0.4, 0.5) is 11.5 Å². The average Bonchev–Trinajstić information content (AvgIpc) is 3.05. The predicted molar refractivity (Wildman–Crippen MR) is 107 cm³/mol. The number of carbonyl (C=O) groups excluding carboxylic acids is 1. The molecule has 2 aromatic heterocycles. The smallest absolute Gasteiger partial charge is 0.260 e. The van der Waals surface area contributed by atoms with Crippen LogP contribution in [0, 0.1) is 0 Å². The summed E-state index contributed by atoms with van der Waals surface area (Å²) >= 11 is 1.39. The van der Waals surface area contributed by atoms with Crippen LogP contribution in [0.5, 0.6) is 11.5 Å². The van der Waals surface area contributed by atoms with Crippen LogP contribution in [0.2, 0.25) is 0 Å². The van der Waals surface area contributed by atoms with E-state index in [2.05, 4.69) is 36.1 Å². The number of thiophene rings is 1. The molecule has 0 bridgehead atoms. The number of hydrogen-bond acceptors (Lipinski definition) is 7. The normalized spacial score (nSPS) is 11.4. The molecular formula is C19H22N4O3S. The van der Waals surface area contributed by atoms with Crippen molar-refractivity contribution in [2.24, 2.45) is 5.73 Å². The van der Waals surface area contributed by atoms with Gasteiger partial charge in [0.1, 0.15) is 17.0 Å². The van der Waals surface area contributed by atoms with Gasteiger partial charge in [-0.05, 0) is 17.5 Å². The number of anilines is 2. The Labute approximate surface area is 161 Å². The highest BCUT2D eigenvalue weighted by Crippen LogP contribution is 2.38. The molecular weight excluding hydrogens is 364 g/mol. The number of aromatic nitrogens is 2. The fourth-order valence-corrected chi connectivity index (χ4v) is 3.67. The minimum Gasteiger partial charge on any atom is -0.493 e. The first kappa shape index (κ1) is 18.9. The molecule has 1 amide bonds. The Morgan fingerprint density at radius 2 is 1.78 bits per heavy atom. The van der Waals surface area contributed by atoms with Crippen LogP contribution in [0.1, 0.15) is 35.3 Å². The summed E-state index contributed by atoms with van der Waals surface area (Å²) in [5, 5.41) is 3.98. The van der Waals surface area contributed by atoms with Crippen molar-refractivity contribution in [3.05, 3.63) is 34.3 Å². The lowest BCUT2D eigenvalue weighted by Crippen LogP contribution is -2.11. The quantitative estimate of drug-likeness (QED) is 0.691. The number of nitrogens with one attached hydrogen (secondary N) is 1. The molecule has 0 spiro atoms. The van der Waals surface area contributed by atoms with Gasteiger partial charge in [-0.1, -0.05) is 20.8 Å². The van der Waals surface area contributed by atoms with Crippen molar-refractivity contribution < 1.29 is 14.3 Å². The number of fused-ring (bicyclic) bond motifs is 1. The molecule has 0 saturated carbocycles. The number of primary amides is 1. The van der Waals surface area contributed by atoms with Crippen molar-refractivity contribution >= 4 is 39.7 Å². The highest BCUT2D eigenvalue weighted by atomic mass is 32.1. The van der Waals surface area contributed by atoms with Crippen LogP contribution in [-0.2, 0) is 5.41 Å². The Kier molecular flexibility index (Phi) is 4.93. The molecule has 0 aliphatic carbocycles. The summed E-state index contributed by atoms with van der Waals surface area (Å²) in [5.41, 5.74) is 6.81. The minimum atomic E-state index is -0.476. The van der Waals surface area contributed by atoms with Gasteiger partial charge in [-0.2, -0.15) is 0 Å². The number of nitrogens with zero attached hydrogens (tertiary/aromatic N) is 2. The van der Waals surface area contributed by atoms with Gasteiger partial charge in [0.15, 0.2) is 11.5 Å². The first-order valence-corrected chi connectivity index (χ1v) is 9.14. The summed E-state index contributed by atoms with van der Waals surface area (Å²) in [6.45, 7) is 6.26. The van der Waals surface area contributed by atoms with E-state index in [1.165, 1.54) is 17.7 Å². The third-order valence-corrected chi connectivity index (χ3v) is 5.66. The first-order chi connectivity index (χ1) is 12.7. The number of amides is 1. The van der Waals surface area contributed by atoms with Crippen molar-refractivity contribution in [1.82, 2.24) is 9.97 Å². The Morgan fingerprint density at radius 3 is 2.37 bits per heavy atom. The molecule has 0 atom stereocenters. The summed E-state index contributed by atoms with van der Waals surface area (Å²) < 4.78 is 10.7. The Bertz CT molecular complexity index is 1010. The third kappa shape index (κ3) is 3.66. The summed E-state index contributed by atoms with van der Waals surface area (Å²) in [6, 6.07) is 5.53. The zero-order valence-electron chi connectivity index (χ0n) is 15.9. The molecule has 0 saturated heterocycles. The number of hydrogen-bond donors (Lipinski definition) is 2. The van der Waals surface area contributed by atoms with Crippen LogP contribution in [0.15, 0.2) is 24.5 Å². The minimum absolute atomic E-state index is 0.0981. The van der Waals surface area contributed by atoms with Crippen LogP contribution in [0.3, 0.4) is 0 Å². The zero-order chi connectivity index (χ0) is 19.8. The highest BCUT2D eigenvalue weighted by Gasteiger charge is 2.23. The fourth-order valence-electron chi connectivity index (χ4n) is 2.65. The second-order valence-corrected chi connectivity index (χ2v) is 8.09.